The average Bonchev–Trinajstić information content (AvgIpc) is 2.69. The predicted molar refractivity (Wildman–Crippen MR) is 69.7 cm³/mol. The average molecular weight is 227 g/mol. The number of fused-ring (bicyclic) bond motifs is 1. The number of para-hydroxylation sites is 1. The number of nitrogens with zero attached hydrogens (tertiary/aromatic N) is 1. The monoisotopic (exact) mass is 227 g/mol. The zero-order valence-corrected chi connectivity index (χ0v) is 10.1. The van der Waals surface area contributed by atoms with Crippen LogP contribution in [0.2, 0.25) is 0 Å². The summed E-state index contributed by atoms with van der Waals surface area (Å²) in [6.45, 7) is 4.42. The molecule has 1 aromatic heterocycles. The lowest BCUT2D eigenvalue weighted by Crippen LogP contribution is -2.30. The fourth-order valence-corrected chi connectivity index (χ4v) is 2.81. The van der Waals surface area contributed by atoms with Crippen molar-refractivity contribution in [3.63, 3.8) is 0 Å². The molecule has 2 unspecified atom stereocenters. The highest BCUT2D eigenvalue weighted by Gasteiger charge is 2.32. The lowest BCUT2D eigenvalue weighted by molar-refractivity contribution is 0.567. The van der Waals surface area contributed by atoms with E-state index in [0.717, 1.165) is 5.52 Å². The molecule has 0 bridgehead atoms. The zero-order chi connectivity index (χ0) is 11.8. The maximum Gasteiger partial charge on any atom is 0.0737 e. The van der Waals surface area contributed by atoms with Gasteiger partial charge in [-0.3, -0.25) is 15.8 Å². The second-order valence-electron chi connectivity index (χ2n) is 4.81. The van der Waals surface area contributed by atoms with Gasteiger partial charge in [0.1, 0.15) is 0 Å². The van der Waals surface area contributed by atoms with Crippen molar-refractivity contribution in [1.82, 2.24) is 15.8 Å². The van der Waals surface area contributed by atoms with Crippen LogP contribution in [0.1, 0.15) is 25.3 Å². The second kappa shape index (κ2) is 4.09. The summed E-state index contributed by atoms with van der Waals surface area (Å²) in [5.41, 5.74) is 9.07. The van der Waals surface area contributed by atoms with Gasteiger partial charge in [-0.2, -0.15) is 0 Å². The van der Waals surface area contributed by atoms with Crippen LogP contribution in [0.5, 0.6) is 0 Å². The Morgan fingerprint density at radius 1 is 1.00 bits per heavy atom. The van der Waals surface area contributed by atoms with Crippen molar-refractivity contribution in [2.24, 2.45) is 0 Å². The van der Waals surface area contributed by atoms with Gasteiger partial charge in [0.25, 0.3) is 0 Å². The first kappa shape index (κ1) is 10.7. The molecule has 0 aliphatic carbocycles. The molecule has 3 rings (SSSR count). The summed E-state index contributed by atoms with van der Waals surface area (Å²) in [5.74, 6) is 0.466. The highest BCUT2D eigenvalue weighted by molar-refractivity contribution is 5.82. The van der Waals surface area contributed by atoms with Crippen LogP contribution in [-0.4, -0.2) is 17.1 Å². The van der Waals surface area contributed by atoms with Crippen LogP contribution in [-0.2, 0) is 0 Å². The standard InChI is InChI=1S/C14H17N3/c1-9-13(10(2)17-16-9)12-7-3-5-11-6-4-8-15-14(11)12/h3-10,13,16-17H,1-2H3. The van der Waals surface area contributed by atoms with Crippen molar-refractivity contribution < 1.29 is 0 Å². The Bertz CT molecular complexity index is 522. The van der Waals surface area contributed by atoms with Gasteiger partial charge in [-0.05, 0) is 25.5 Å². The van der Waals surface area contributed by atoms with E-state index < -0.39 is 0 Å². The van der Waals surface area contributed by atoms with Crippen LogP contribution in [0.4, 0.5) is 0 Å². The van der Waals surface area contributed by atoms with Gasteiger partial charge in [0, 0.05) is 29.6 Å². The van der Waals surface area contributed by atoms with E-state index in [4.69, 9.17) is 0 Å². The SMILES string of the molecule is CC1NNC(C)C1c1cccc2cccnc12. The maximum absolute atomic E-state index is 4.54. The minimum absolute atomic E-state index is 0.428. The van der Waals surface area contributed by atoms with Gasteiger partial charge >= 0.3 is 0 Å². The molecule has 1 aliphatic heterocycles. The molecule has 17 heavy (non-hydrogen) atoms. The van der Waals surface area contributed by atoms with Crippen molar-refractivity contribution in [1.29, 1.82) is 0 Å². The van der Waals surface area contributed by atoms with Gasteiger partial charge in [0.2, 0.25) is 0 Å². The minimum Gasteiger partial charge on any atom is -0.256 e. The van der Waals surface area contributed by atoms with Gasteiger partial charge in [-0.15, -0.1) is 0 Å². The lowest BCUT2D eigenvalue weighted by Gasteiger charge is -2.19. The Morgan fingerprint density at radius 3 is 2.47 bits per heavy atom. The van der Waals surface area contributed by atoms with Gasteiger partial charge < -0.3 is 0 Å². The lowest BCUT2D eigenvalue weighted by atomic mass is 9.87. The van der Waals surface area contributed by atoms with Gasteiger partial charge in [0.15, 0.2) is 0 Å². The largest absolute Gasteiger partial charge is 0.256 e. The van der Waals surface area contributed by atoms with Crippen LogP contribution in [0, 0.1) is 0 Å². The molecule has 0 spiro atoms. The number of hydrogen-bond acceptors (Lipinski definition) is 3. The number of nitrogens with one attached hydrogen (secondary N) is 2. The van der Waals surface area contributed by atoms with Crippen LogP contribution in [0.15, 0.2) is 36.5 Å². The molecule has 0 radical (unpaired) electrons. The number of rotatable bonds is 1. The van der Waals surface area contributed by atoms with Crippen LogP contribution >= 0.6 is 0 Å². The summed E-state index contributed by atoms with van der Waals surface area (Å²) in [7, 11) is 0. The van der Waals surface area contributed by atoms with E-state index >= 15 is 0 Å². The first-order valence-corrected chi connectivity index (χ1v) is 6.12. The Labute approximate surface area is 101 Å². The summed E-state index contributed by atoms with van der Waals surface area (Å²) in [5, 5.41) is 1.22. The summed E-state index contributed by atoms with van der Waals surface area (Å²) >= 11 is 0. The molecule has 2 aromatic rings. The Balaban J connectivity index is 2.17. The Kier molecular flexibility index (Phi) is 2.57. The summed E-state index contributed by atoms with van der Waals surface area (Å²) < 4.78 is 0. The number of pyridine rings is 1. The summed E-state index contributed by atoms with van der Waals surface area (Å²) in [4.78, 5) is 4.54. The van der Waals surface area contributed by atoms with Crippen molar-refractivity contribution in [2.75, 3.05) is 0 Å². The van der Waals surface area contributed by atoms with E-state index in [1.54, 1.807) is 0 Å². The van der Waals surface area contributed by atoms with Crippen molar-refractivity contribution in [2.45, 2.75) is 31.8 Å². The number of aromatic nitrogens is 1. The molecule has 0 saturated carbocycles. The normalized spacial score (nSPS) is 28.7. The molecule has 2 N–H and O–H groups in total. The topological polar surface area (TPSA) is 37.0 Å². The van der Waals surface area contributed by atoms with Crippen LogP contribution in [0.3, 0.4) is 0 Å². The van der Waals surface area contributed by atoms with E-state index in [-0.39, 0.29) is 0 Å². The molecule has 1 aliphatic rings. The molecule has 1 saturated heterocycles. The third kappa shape index (κ3) is 1.72. The molecule has 88 valence electrons. The van der Waals surface area contributed by atoms with Crippen LogP contribution < -0.4 is 10.9 Å². The Morgan fingerprint density at radius 2 is 1.71 bits per heavy atom. The van der Waals surface area contributed by atoms with Crippen molar-refractivity contribution in [3.05, 3.63) is 42.1 Å². The van der Waals surface area contributed by atoms with Gasteiger partial charge in [0.05, 0.1) is 5.52 Å². The summed E-state index contributed by atoms with van der Waals surface area (Å²) in [6, 6.07) is 11.4. The third-order valence-corrected chi connectivity index (χ3v) is 3.64. The Hall–Kier alpha value is -1.45. The highest BCUT2D eigenvalue weighted by Crippen LogP contribution is 2.31. The molecule has 3 nitrogen and oxygen atoms in total. The molecule has 3 heteroatoms. The molecular weight excluding hydrogens is 210 g/mol. The molecular formula is C14H17N3. The van der Waals surface area contributed by atoms with E-state index in [1.165, 1.54) is 10.9 Å². The quantitative estimate of drug-likeness (QED) is 0.784. The van der Waals surface area contributed by atoms with E-state index in [1.807, 2.05) is 12.3 Å². The second-order valence-corrected chi connectivity index (χ2v) is 4.81. The van der Waals surface area contributed by atoms with Crippen molar-refractivity contribution in [3.8, 4) is 0 Å². The number of hydrogen-bond donors (Lipinski definition) is 2. The van der Waals surface area contributed by atoms with Gasteiger partial charge in [-0.25, -0.2) is 0 Å². The highest BCUT2D eigenvalue weighted by atomic mass is 15.4. The number of hydrazine groups is 1. The van der Waals surface area contributed by atoms with E-state index in [0.29, 0.717) is 18.0 Å². The number of benzene rings is 1. The van der Waals surface area contributed by atoms with Crippen LogP contribution in [0.25, 0.3) is 10.9 Å². The first-order valence-electron chi connectivity index (χ1n) is 6.12. The van der Waals surface area contributed by atoms with E-state index in [9.17, 15) is 0 Å². The molecule has 2 heterocycles. The van der Waals surface area contributed by atoms with E-state index in [2.05, 4.69) is 53.9 Å². The van der Waals surface area contributed by atoms with Crippen molar-refractivity contribution >= 4 is 10.9 Å². The minimum atomic E-state index is 0.428. The fourth-order valence-electron chi connectivity index (χ4n) is 2.81. The molecule has 2 atom stereocenters. The molecule has 1 aromatic carbocycles. The zero-order valence-electron chi connectivity index (χ0n) is 10.1. The molecule has 1 fully saturated rings. The summed E-state index contributed by atoms with van der Waals surface area (Å²) in [6.07, 6.45) is 1.87. The fraction of sp³-hybridized carbons (Fsp3) is 0.357. The third-order valence-electron chi connectivity index (χ3n) is 3.64. The maximum atomic E-state index is 4.54. The predicted octanol–water partition coefficient (Wildman–Crippen LogP) is 2.20. The molecule has 0 amide bonds. The van der Waals surface area contributed by atoms with Gasteiger partial charge in [-0.1, -0.05) is 24.3 Å². The smallest absolute Gasteiger partial charge is 0.0737 e. The first-order chi connectivity index (χ1) is 8.27.